The largest absolute Gasteiger partial charge is 0.508 e. The predicted molar refractivity (Wildman–Crippen MR) is 165 cm³/mol. The number of benzene rings is 3. The Morgan fingerprint density at radius 3 is 2.51 bits per heavy atom. The summed E-state index contributed by atoms with van der Waals surface area (Å²) in [5, 5.41) is 14.6. The van der Waals surface area contributed by atoms with Gasteiger partial charge in [-0.3, -0.25) is 4.79 Å². The first kappa shape index (κ1) is 27.1. The minimum absolute atomic E-state index is 0.113. The number of rotatable bonds is 6. The van der Waals surface area contributed by atoms with Gasteiger partial charge in [-0.05, 0) is 86.3 Å². The molecule has 43 heavy (non-hydrogen) atoms. The number of H-pyrrole nitrogens is 1. The van der Waals surface area contributed by atoms with Crippen LogP contribution in [-0.2, 0) is 0 Å². The molecule has 3 aromatic carbocycles. The Hall–Kier alpha value is -4.76. The summed E-state index contributed by atoms with van der Waals surface area (Å²) in [6.45, 7) is 4.01. The number of nitrogens with one attached hydrogen (secondary N) is 2. The number of halogens is 1. The van der Waals surface area contributed by atoms with E-state index in [1.807, 2.05) is 55.7 Å². The number of carbonyl (C=O) groups excluding carboxylic acids is 1. The van der Waals surface area contributed by atoms with Crippen LogP contribution >= 0.6 is 0 Å². The third-order valence-electron chi connectivity index (χ3n) is 8.64. The van der Waals surface area contributed by atoms with Gasteiger partial charge in [0.15, 0.2) is 5.82 Å². The van der Waals surface area contributed by atoms with Gasteiger partial charge in [0.25, 0.3) is 5.91 Å². The Balaban J connectivity index is 1.18. The van der Waals surface area contributed by atoms with Crippen LogP contribution in [-0.4, -0.2) is 63.1 Å². The molecule has 2 aliphatic rings. The zero-order valence-corrected chi connectivity index (χ0v) is 24.1. The number of hydrogen-bond acceptors (Lipinski definition) is 6. The second kappa shape index (κ2) is 10.8. The summed E-state index contributed by atoms with van der Waals surface area (Å²) in [7, 11) is 2.18. The van der Waals surface area contributed by atoms with Crippen LogP contribution in [0.25, 0.3) is 22.3 Å². The van der Waals surface area contributed by atoms with Gasteiger partial charge in [0.2, 0.25) is 0 Å². The summed E-state index contributed by atoms with van der Waals surface area (Å²) in [5.41, 5.74) is 4.81. The molecule has 0 radical (unpaired) electrons. The smallest absolute Gasteiger partial charge is 0.252 e. The number of hydrogen-bond donors (Lipinski definition) is 3. The molecule has 4 heterocycles. The third kappa shape index (κ3) is 5.21. The molecule has 2 fully saturated rings. The van der Waals surface area contributed by atoms with Crippen molar-refractivity contribution in [3.05, 3.63) is 107 Å². The Bertz CT molecular complexity index is 1770. The molecule has 0 aliphatic carbocycles. The summed E-state index contributed by atoms with van der Waals surface area (Å²) in [5.74, 6) is -0.454. The number of nitrogens with zero attached hydrogens (tertiary/aromatic N) is 4. The van der Waals surface area contributed by atoms with Crippen molar-refractivity contribution >= 4 is 22.5 Å². The van der Waals surface area contributed by atoms with Gasteiger partial charge >= 0.3 is 0 Å². The fraction of sp³-hybridized carbons (Fsp3) is 0.265. The predicted octanol–water partition coefficient (Wildman–Crippen LogP) is 5.58. The zero-order valence-electron chi connectivity index (χ0n) is 24.1. The van der Waals surface area contributed by atoms with Crippen LogP contribution in [0.5, 0.6) is 5.75 Å². The maximum Gasteiger partial charge on any atom is 0.252 e. The molecule has 0 saturated carbocycles. The lowest BCUT2D eigenvalue weighted by Gasteiger charge is -2.40. The SMILES string of the molecule is Cc1cc(C(=O)NC(c2cc3ccccc3[nH]2)c2cc(F)ccc2O)cc(-c2ncc(N3C4CCC3CN(C)C4)cn2)c1. The van der Waals surface area contributed by atoms with E-state index in [9.17, 15) is 14.3 Å². The first-order valence-corrected chi connectivity index (χ1v) is 14.6. The molecule has 3 unspecified atom stereocenters. The van der Waals surface area contributed by atoms with Crippen molar-refractivity contribution in [3.63, 3.8) is 0 Å². The van der Waals surface area contributed by atoms with E-state index >= 15 is 0 Å². The normalized spacial score (nSPS) is 19.1. The first-order valence-electron chi connectivity index (χ1n) is 14.6. The lowest BCUT2D eigenvalue weighted by molar-refractivity contribution is 0.0942. The highest BCUT2D eigenvalue weighted by atomic mass is 19.1. The van der Waals surface area contributed by atoms with Gasteiger partial charge in [0.05, 0.1) is 24.1 Å². The van der Waals surface area contributed by atoms with Crippen molar-refractivity contribution in [2.24, 2.45) is 0 Å². The number of aryl methyl sites for hydroxylation is 1. The van der Waals surface area contributed by atoms with Gasteiger partial charge in [0, 0.05) is 53.1 Å². The molecular formula is C34H33FN6O2. The molecule has 3 N–H and O–H groups in total. The molecule has 3 atom stereocenters. The lowest BCUT2D eigenvalue weighted by Crippen LogP contribution is -2.52. The number of likely N-dealkylation sites (tertiary alicyclic amines) is 1. The van der Waals surface area contributed by atoms with Crippen LogP contribution < -0.4 is 10.2 Å². The standard InChI is InChI=1S/C34H33FN6O2/c1-20-11-22(33-36-16-27(17-37-33)41-25-8-9-26(41)19-40(2)18-25)13-23(12-20)34(43)39-32(28-15-24(35)7-10-31(28)42)30-14-21-5-3-4-6-29(21)38-30/h3-7,10-17,25-26,32,38,42H,8-9,18-19H2,1-2H3,(H,39,43). The molecule has 2 saturated heterocycles. The molecule has 8 nitrogen and oxygen atoms in total. The number of likely N-dealkylation sites (N-methyl/N-ethyl adjacent to an activating group) is 1. The average molecular weight is 577 g/mol. The van der Waals surface area contributed by atoms with Crippen molar-refractivity contribution in [3.8, 4) is 17.1 Å². The molecule has 0 spiro atoms. The highest BCUT2D eigenvalue weighted by Crippen LogP contribution is 2.35. The quantitative estimate of drug-likeness (QED) is 0.244. The Kier molecular flexibility index (Phi) is 6.82. The van der Waals surface area contributed by atoms with Crippen molar-refractivity contribution in [2.45, 2.75) is 37.9 Å². The van der Waals surface area contributed by atoms with Gasteiger partial charge in [-0.25, -0.2) is 14.4 Å². The second-order valence-electron chi connectivity index (χ2n) is 11.8. The van der Waals surface area contributed by atoms with E-state index in [1.165, 1.54) is 31.0 Å². The van der Waals surface area contributed by atoms with Crippen molar-refractivity contribution < 1.29 is 14.3 Å². The maximum absolute atomic E-state index is 14.3. The van der Waals surface area contributed by atoms with E-state index < -0.39 is 11.9 Å². The molecule has 2 aliphatic heterocycles. The molecule has 2 aromatic heterocycles. The van der Waals surface area contributed by atoms with E-state index in [2.05, 4.69) is 27.1 Å². The number of carbonyl (C=O) groups is 1. The average Bonchev–Trinajstić information content (AvgIpc) is 3.55. The number of aromatic nitrogens is 3. The number of aromatic amines is 1. The third-order valence-corrected chi connectivity index (χ3v) is 8.64. The summed E-state index contributed by atoms with van der Waals surface area (Å²) >= 11 is 0. The molecule has 1 amide bonds. The number of piperazine rings is 1. The van der Waals surface area contributed by atoms with Crippen molar-refractivity contribution in [2.75, 3.05) is 25.0 Å². The Labute approximate surface area is 249 Å². The number of amides is 1. The molecule has 7 rings (SSSR count). The highest BCUT2D eigenvalue weighted by molar-refractivity contribution is 5.96. The molecule has 9 heteroatoms. The molecular weight excluding hydrogens is 543 g/mol. The van der Waals surface area contributed by atoms with Gasteiger partial charge < -0.3 is 25.2 Å². The number of phenols is 1. The van der Waals surface area contributed by atoms with Crippen LogP contribution in [0.2, 0.25) is 0 Å². The van der Waals surface area contributed by atoms with Gasteiger partial charge in [-0.1, -0.05) is 18.2 Å². The van der Waals surface area contributed by atoms with Crippen molar-refractivity contribution in [1.29, 1.82) is 0 Å². The van der Waals surface area contributed by atoms with E-state index in [0.717, 1.165) is 40.8 Å². The summed E-state index contributed by atoms with van der Waals surface area (Å²) in [6.07, 6.45) is 6.14. The highest BCUT2D eigenvalue weighted by Gasteiger charge is 2.39. The number of anilines is 1. The molecule has 2 bridgehead atoms. The fourth-order valence-corrected chi connectivity index (χ4v) is 6.73. The molecule has 218 valence electrons. The summed E-state index contributed by atoms with van der Waals surface area (Å²) in [4.78, 5) is 31.3. The van der Waals surface area contributed by atoms with Crippen LogP contribution in [0.15, 0.2) is 79.1 Å². The summed E-state index contributed by atoms with van der Waals surface area (Å²) < 4.78 is 14.3. The lowest BCUT2D eigenvalue weighted by atomic mass is 10.0. The van der Waals surface area contributed by atoms with Crippen LogP contribution in [0.3, 0.4) is 0 Å². The van der Waals surface area contributed by atoms with E-state index in [1.54, 1.807) is 12.1 Å². The fourth-order valence-electron chi connectivity index (χ4n) is 6.73. The topological polar surface area (TPSA) is 97.4 Å². The van der Waals surface area contributed by atoms with E-state index in [4.69, 9.17) is 9.97 Å². The minimum atomic E-state index is -0.825. The number of phenolic OH excluding ortho intramolecular Hbond substituents is 1. The monoisotopic (exact) mass is 576 g/mol. The second-order valence-corrected chi connectivity index (χ2v) is 11.8. The van der Waals surface area contributed by atoms with E-state index in [0.29, 0.717) is 29.2 Å². The minimum Gasteiger partial charge on any atom is -0.508 e. The Morgan fingerprint density at radius 1 is 1.02 bits per heavy atom. The summed E-state index contributed by atoms with van der Waals surface area (Å²) in [6, 6.07) is 19.0. The maximum atomic E-state index is 14.3. The number of aromatic hydroxyl groups is 1. The van der Waals surface area contributed by atoms with Crippen LogP contribution in [0.1, 0.15) is 46.1 Å². The Morgan fingerprint density at radius 2 is 1.77 bits per heavy atom. The van der Waals surface area contributed by atoms with Gasteiger partial charge in [-0.2, -0.15) is 0 Å². The number of para-hydroxylation sites is 1. The molecule has 5 aromatic rings. The van der Waals surface area contributed by atoms with Crippen LogP contribution in [0.4, 0.5) is 10.1 Å². The van der Waals surface area contributed by atoms with E-state index in [-0.39, 0.29) is 17.2 Å². The first-order chi connectivity index (χ1) is 20.8. The van der Waals surface area contributed by atoms with Gasteiger partial charge in [-0.15, -0.1) is 0 Å². The number of fused-ring (bicyclic) bond motifs is 3. The van der Waals surface area contributed by atoms with Gasteiger partial charge in [0.1, 0.15) is 11.6 Å². The van der Waals surface area contributed by atoms with Crippen molar-refractivity contribution in [1.82, 2.24) is 25.2 Å². The zero-order chi connectivity index (χ0) is 29.7. The van der Waals surface area contributed by atoms with Crippen LogP contribution in [0, 0.1) is 12.7 Å².